The van der Waals surface area contributed by atoms with E-state index in [1.165, 1.54) is 12.3 Å². The van der Waals surface area contributed by atoms with Crippen molar-refractivity contribution in [3.8, 4) is 5.82 Å². The standard InChI is InChI=1S/C17H14F2N4O/c1-10-7-11(2)23(22-10)16-6-4-13(9-20-16)21-17(24)12-3-5-14(18)15(19)8-12/h3-9H,1-2H3,(H,21,24). The Morgan fingerprint density at radius 3 is 2.46 bits per heavy atom. The van der Waals surface area contributed by atoms with Gasteiger partial charge in [-0.1, -0.05) is 0 Å². The van der Waals surface area contributed by atoms with Gasteiger partial charge in [-0.2, -0.15) is 5.10 Å². The smallest absolute Gasteiger partial charge is 0.255 e. The van der Waals surface area contributed by atoms with Gasteiger partial charge in [-0.15, -0.1) is 0 Å². The maximum absolute atomic E-state index is 13.2. The first-order chi connectivity index (χ1) is 11.4. The minimum atomic E-state index is -1.07. The van der Waals surface area contributed by atoms with Crippen molar-refractivity contribution in [1.82, 2.24) is 14.8 Å². The quantitative estimate of drug-likeness (QED) is 0.801. The highest BCUT2D eigenvalue weighted by Crippen LogP contribution is 2.14. The van der Waals surface area contributed by atoms with Crippen LogP contribution in [0.3, 0.4) is 0 Å². The SMILES string of the molecule is Cc1cc(C)n(-c2ccc(NC(=O)c3ccc(F)c(F)c3)cn2)n1. The summed E-state index contributed by atoms with van der Waals surface area (Å²) < 4.78 is 27.8. The Morgan fingerprint density at radius 1 is 1.08 bits per heavy atom. The highest BCUT2D eigenvalue weighted by molar-refractivity contribution is 6.04. The second kappa shape index (κ2) is 6.19. The Kier molecular flexibility index (Phi) is 4.07. The Bertz CT molecular complexity index is 903. The number of carbonyl (C=O) groups is 1. The first-order valence-electron chi connectivity index (χ1n) is 7.20. The second-order valence-corrected chi connectivity index (χ2v) is 5.33. The van der Waals surface area contributed by atoms with Gasteiger partial charge in [0.05, 0.1) is 17.6 Å². The normalized spacial score (nSPS) is 10.7. The number of pyridine rings is 1. The van der Waals surface area contributed by atoms with Crippen LogP contribution in [0.5, 0.6) is 0 Å². The molecule has 0 aliphatic heterocycles. The Morgan fingerprint density at radius 2 is 1.88 bits per heavy atom. The maximum Gasteiger partial charge on any atom is 0.255 e. The molecule has 0 fully saturated rings. The van der Waals surface area contributed by atoms with Crippen molar-refractivity contribution in [2.75, 3.05) is 5.32 Å². The number of aromatic nitrogens is 3. The minimum absolute atomic E-state index is 0.0246. The molecule has 0 atom stereocenters. The third kappa shape index (κ3) is 3.15. The molecule has 3 aromatic rings. The van der Waals surface area contributed by atoms with Crippen LogP contribution in [0.2, 0.25) is 0 Å². The number of halogens is 2. The summed E-state index contributed by atoms with van der Waals surface area (Å²) in [4.78, 5) is 16.3. The van der Waals surface area contributed by atoms with Crippen LogP contribution in [0.25, 0.3) is 5.82 Å². The molecule has 0 unspecified atom stereocenters. The summed E-state index contributed by atoms with van der Waals surface area (Å²) in [5.41, 5.74) is 2.29. The third-order valence-corrected chi connectivity index (χ3v) is 3.41. The van der Waals surface area contributed by atoms with Gasteiger partial charge in [0.15, 0.2) is 17.5 Å². The number of amides is 1. The number of rotatable bonds is 3. The van der Waals surface area contributed by atoms with Crippen LogP contribution in [0.15, 0.2) is 42.6 Å². The zero-order valence-corrected chi connectivity index (χ0v) is 13.0. The van der Waals surface area contributed by atoms with Crippen molar-refractivity contribution in [1.29, 1.82) is 0 Å². The molecule has 2 heterocycles. The van der Waals surface area contributed by atoms with E-state index in [2.05, 4.69) is 15.4 Å². The summed E-state index contributed by atoms with van der Waals surface area (Å²) in [6.45, 7) is 3.81. The maximum atomic E-state index is 13.2. The zero-order valence-electron chi connectivity index (χ0n) is 13.0. The predicted octanol–water partition coefficient (Wildman–Crippen LogP) is 3.41. The van der Waals surface area contributed by atoms with E-state index in [-0.39, 0.29) is 5.56 Å². The number of hydrogen-bond acceptors (Lipinski definition) is 3. The predicted molar refractivity (Wildman–Crippen MR) is 85.1 cm³/mol. The lowest BCUT2D eigenvalue weighted by Gasteiger charge is -2.07. The van der Waals surface area contributed by atoms with Gasteiger partial charge in [0.25, 0.3) is 5.91 Å². The Hall–Kier alpha value is -3.09. The van der Waals surface area contributed by atoms with Gasteiger partial charge < -0.3 is 5.32 Å². The molecule has 24 heavy (non-hydrogen) atoms. The topological polar surface area (TPSA) is 59.8 Å². The van der Waals surface area contributed by atoms with Gasteiger partial charge in [0.1, 0.15) is 0 Å². The average Bonchev–Trinajstić information content (AvgIpc) is 2.89. The second-order valence-electron chi connectivity index (χ2n) is 5.33. The fourth-order valence-electron chi connectivity index (χ4n) is 2.29. The van der Waals surface area contributed by atoms with E-state index in [1.807, 2.05) is 19.9 Å². The highest BCUT2D eigenvalue weighted by Gasteiger charge is 2.11. The molecule has 0 bridgehead atoms. The van der Waals surface area contributed by atoms with Crippen LogP contribution in [0, 0.1) is 25.5 Å². The number of aryl methyl sites for hydroxylation is 2. The van der Waals surface area contributed by atoms with Crippen molar-refractivity contribution >= 4 is 11.6 Å². The van der Waals surface area contributed by atoms with Crippen LogP contribution in [0.1, 0.15) is 21.7 Å². The third-order valence-electron chi connectivity index (χ3n) is 3.41. The monoisotopic (exact) mass is 328 g/mol. The molecular weight excluding hydrogens is 314 g/mol. The van der Waals surface area contributed by atoms with Crippen molar-refractivity contribution in [3.05, 3.63) is 71.2 Å². The molecule has 0 aliphatic carbocycles. The molecule has 5 nitrogen and oxygen atoms in total. The number of benzene rings is 1. The molecule has 1 N–H and O–H groups in total. The van der Waals surface area contributed by atoms with E-state index in [1.54, 1.807) is 16.8 Å². The van der Waals surface area contributed by atoms with Gasteiger partial charge in [-0.25, -0.2) is 18.4 Å². The minimum Gasteiger partial charge on any atom is -0.321 e. The molecule has 122 valence electrons. The number of anilines is 1. The lowest BCUT2D eigenvalue weighted by molar-refractivity contribution is 0.102. The van der Waals surface area contributed by atoms with Crippen LogP contribution in [-0.4, -0.2) is 20.7 Å². The molecule has 0 saturated heterocycles. The summed E-state index contributed by atoms with van der Waals surface area (Å²) in [5.74, 6) is -2.00. The number of nitrogens with zero attached hydrogens (tertiary/aromatic N) is 3. The first kappa shape index (κ1) is 15.8. The van der Waals surface area contributed by atoms with E-state index in [9.17, 15) is 13.6 Å². The van der Waals surface area contributed by atoms with Crippen molar-refractivity contribution in [2.45, 2.75) is 13.8 Å². The molecule has 0 spiro atoms. The summed E-state index contributed by atoms with van der Waals surface area (Å²) in [6, 6.07) is 8.28. The van der Waals surface area contributed by atoms with E-state index in [0.717, 1.165) is 23.5 Å². The van der Waals surface area contributed by atoms with Gasteiger partial charge in [0.2, 0.25) is 0 Å². The highest BCUT2D eigenvalue weighted by atomic mass is 19.2. The number of carbonyl (C=O) groups excluding carboxylic acids is 1. The number of nitrogens with one attached hydrogen (secondary N) is 1. The van der Waals surface area contributed by atoms with E-state index in [4.69, 9.17) is 0 Å². The molecule has 0 aliphatic rings. The molecule has 7 heteroatoms. The summed E-state index contributed by atoms with van der Waals surface area (Å²) in [6.07, 6.45) is 1.48. The van der Waals surface area contributed by atoms with Crippen molar-refractivity contribution in [3.63, 3.8) is 0 Å². The molecule has 0 saturated carbocycles. The summed E-state index contributed by atoms with van der Waals surface area (Å²) in [7, 11) is 0. The Balaban J connectivity index is 1.77. The molecule has 0 radical (unpaired) electrons. The van der Waals surface area contributed by atoms with Crippen molar-refractivity contribution < 1.29 is 13.6 Å². The van der Waals surface area contributed by atoms with E-state index in [0.29, 0.717) is 11.5 Å². The lowest BCUT2D eigenvalue weighted by Crippen LogP contribution is -2.13. The summed E-state index contributed by atoms with van der Waals surface area (Å²) in [5, 5.41) is 6.91. The van der Waals surface area contributed by atoms with Gasteiger partial charge >= 0.3 is 0 Å². The fraction of sp³-hybridized carbons (Fsp3) is 0.118. The first-order valence-corrected chi connectivity index (χ1v) is 7.20. The lowest BCUT2D eigenvalue weighted by atomic mass is 10.2. The Labute approximate surface area is 137 Å². The molecule has 1 amide bonds. The zero-order chi connectivity index (χ0) is 17.3. The molecular formula is C17H14F2N4O. The largest absolute Gasteiger partial charge is 0.321 e. The van der Waals surface area contributed by atoms with E-state index >= 15 is 0 Å². The van der Waals surface area contributed by atoms with Crippen LogP contribution >= 0.6 is 0 Å². The van der Waals surface area contributed by atoms with E-state index < -0.39 is 17.5 Å². The van der Waals surface area contributed by atoms with Gasteiger partial charge in [-0.05, 0) is 50.2 Å². The molecule has 3 rings (SSSR count). The fourth-order valence-corrected chi connectivity index (χ4v) is 2.29. The molecule has 2 aromatic heterocycles. The summed E-state index contributed by atoms with van der Waals surface area (Å²) >= 11 is 0. The van der Waals surface area contributed by atoms with Crippen molar-refractivity contribution in [2.24, 2.45) is 0 Å². The van der Waals surface area contributed by atoms with Crippen LogP contribution in [-0.2, 0) is 0 Å². The van der Waals surface area contributed by atoms with Crippen LogP contribution in [0.4, 0.5) is 14.5 Å². The average molecular weight is 328 g/mol. The molecule has 1 aromatic carbocycles. The van der Waals surface area contributed by atoms with Gasteiger partial charge in [0, 0.05) is 11.3 Å². The van der Waals surface area contributed by atoms with Crippen LogP contribution < -0.4 is 5.32 Å². The number of hydrogen-bond donors (Lipinski definition) is 1. The van der Waals surface area contributed by atoms with Gasteiger partial charge in [-0.3, -0.25) is 4.79 Å².